The lowest BCUT2D eigenvalue weighted by molar-refractivity contribution is 0.107. The lowest BCUT2D eigenvalue weighted by atomic mass is 9.97. The second-order valence-corrected chi connectivity index (χ2v) is 3.87. The van der Waals surface area contributed by atoms with Crippen LogP contribution in [0.25, 0.3) is 0 Å². The molecule has 0 amide bonds. The van der Waals surface area contributed by atoms with Crippen molar-refractivity contribution in [2.24, 2.45) is 0 Å². The summed E-state index contributed by atoms with van der Waals surface area (Å²) in [6, 6.07) is 6.52. The van der Waals surface area contributed by atoms with Crippen molar-refractivity contribution in [1.29, 1.82) is 0 Å². The van der Waals surface area contributed by atoms with E-state index >= 15 is 0 Å². The fraction of sp³-hybridized carbons (Fsp3) is 0.273. The van der Waals surface area contributed by atoms with E-state index in [4.69, 9.17) is 9.15 Å². The van der Waals surface area contributed by atoms with Crippen molar-refractivity contribution in [1.82, 2.24) is 10.5 Å². The van der Waals surface area contributed by atoms with Gasteiger partial charge in [-0.25, -0.2) is 4.39 Å². The van der Waals surface area contributed by atoms with Crippen LogP contribution in [-0.2, 0) is 6.42 Å². The fourth-order valence-corrected chi connectivity index (χ4v) is 2.16. The SMILES string of the molecule is Fc1ccc(C2CCc3o[nH]o[nH]c32)cc1. The minimum atomic E-state index is -0.221. The normalized spacial score (nSPS) is 18.4. The molecule has 16 heavy (non-hydrogen) atoms. The zero-order chi connectivity index (χ0) is 11.0. The predicted molar refractivity (Wildman–Crippen MR) is 53.9 cm³/mol. The lowest BCUT2D eigenvalue weighted by Crippen LogP contribution is -1.99. The van der Waals surface area contributed by atoms with Crippen LogP contribution in [0.1, 0.15) is 29.4 Å². The number of aromatic amines is 2. The third-order valence-electron chi connectivity index (χ3n) is 2.95. The average molecular weight is 222 g/mol. The van der Waals surface area contributed by atoms with Gasteiger partial charge in [-0.15, -0.1) is 0 Å². The first-order chi connectivity index (χ1) is 7.84. The van der Waals surface area contributed by atoms with Crippen LogP contribution in [0.2, 0.25) is 0 Å². The molecule has 1 atom stereocenters. The van der Waals surface area contributed by atoms with Crippen LogP contribution in [-0.4, -0.2) is 10.5 Å². The molecule has 2 aromatic rings. The highest BCUT2D eigenvalue weighted by Gasteiger charge is 2.27. The monoisotopic (exact) mass is 222 g/mol. The number of aromatic nitrogens is 2. The van der Waals surface area contributed by atoms with Gasteiger partial charge in [-0.1, -0.05) is 17.5 Å². The number of hydrogen-bond acceptors (Lipinski definition) is 2. The zero-order valence-electron chi connectivity index (χ0n) is 8.50. The van der Waals surface area contributed by atoms with E-state index in [2.05, 4.69) is 10.5 Å². The number of rotatable bonds is 1. The second-order valence-electron chi connectivity index (χ2n) is 3.87. The summed E-state index contributed by atoms with van der Waals surface area (Å²) in [6.07, 6.45) is 1.79. The first-order valence-corrected chi connectivity index (χ1v) is 5.17. The van der Waals surface area contributed by atoms with Gasteiger partial charge in [0.1, 0.15) is 11.5 Å². The summed E-state index contributed by atoms with van der Waals surface area (Å²) in [5, 5.41) is 5.10. The first-order valence-electron chi connectivity index (χ1n) is 5.17. The van der Waals surface area contributed by atoms with Gasteiger partial charge in [0.2, 0.25) is 0 Å². The molecule has 0 radical (unpaired) electrons. The number of nitrogens with one attached hydrogen (secondary N) is 2. The van der Waals surface area contributed by atoms with Crippen LogP contribution < -0.4 is 0 Å². The van der Waals surface area contributed by atoms with Gasteiger partial charge < -0.3 is 4.52 Å². The highest BCUT2D eigenvalue weighted by molar-refractivity contribution is 5.32. The van der Waals surface area contributed by atoms with Crippen molar-refractivity contribution >= 4 is 0 Å². The largest absolute Gasteiger partial charge is 0.353 e. The molecule has 0 aliphatic heterocycles. The van der Waals surface area contributed by atoms with Crippen LogP contribution in [0.5, 0.6) is 0 Å². The predicted octanol–water partition coefficient (Wildman–Crippen LogP) is 2.87. The van der Waals surface area contributed by atoms with Gasteiger partial charge in [-0.05, 0) is 24.1 Å². The molecule has 3 rings (SSSR count). The standard InChI is InChI=1S/C11H11FN2O2/c12-8-3-1-7(2-4-8)9-5-6-10-11(9)13-16-14-15-10/h1-4,9,13-14H,5-6H2. The summed E-state index contributed by atoms with van der Waals surface area (Å²) in [6.45, 7) is 0. The van der Waals surface area contributed by atoms with E-state index in [-0.39, 0.29) is 11.7 Å². The first kappa shape index (κ1) is 9.33. The number of benzene rings is 1. The molecule has 1 unspecified atom stereocenters. The van der Waals surface area contributed by atoms with Gasteiger partial charge in [0.25, 0.3) is 0 Å². The molecule has 0 saturated heterocycles. The van der Waals surface area contributed by atoms with Gasteiger partial charge >= 0.3 is 0 Å². The molecular weight excluding hydrogens is 211 g/mol. The van der Waals surface area contributed by atoms with Gasteiger partial charge in [0.05, 0.1) is 0 Å². The maximum atomic E-state index is 12.8. The molecule has 1 heterocycles. The van der Waals surface area contributed by atoms with Crippen molar-refractivity contribution in [3.63, 3.8) is 0 Å². The van der Waals surface area contributed by atoms with Crippen LogP contribution >= 0.6 is 0 Å². The highest BCUT2D eigenvalue weighted by atomic mass is 19.1. The summed E-state index contributed by atoms with van der Waals surface area (Å²) >= 11 is 0. The van der Waals surface area contributed by atoms with Crippen molar-refractivity contribution < 1.29 is 13.5 Å². The Kier molecular flexibility index (Phi) is 2.09. The van der Waals surface area contributed by atoms with Gasteiger partial charge in [0, 0.05) is 12.3 Å². The highest BCUT2D eigenvalue weighted by Crippen LogP contribution is 2.35. The van der Waals surface area contributed by atoms with Crippen LogP contribution in [0.4, 0.5) is 4.39 Å². The number of halogens is 1. The van der Waals surface area contributed by atoms with Crippen molar-refractivity contribution in [3.8, 4) is 0 Å². The molecule has 0 spiro atoms. The van der Waals surface area contributed by atoms with Crippen molar-refractivity contribution in [2.45, 2.75) is 18.8 Å². The summed E-state index contributed by atoms with van der Waals surface area (Å²) in [7, 11) is 0. The van der Waals surface area contributed by atoms with E-state index in [1.165, 1.54) is 12.1 Å². The molecular formula is C11H11FN2O2. The summed E-state index contributed by atoms with van der Waals surface area (Å²) in [5.74, 6) is 0.833. The smallest absolute Gasteiger partial charge is 0.158 e. The zero-order valence-corrected chi connectivity index (χ0v) is 8.50. The quantitative estimate of drug-likeness (QED) is 0.779. The molecule has 5 heteroatoms. The molecule has 1 aliphatic rings. The Labute approximate surface area is 90.6 Å². The molecule has 0 saturated carbocycles. The van der Waals surface area contributed by atoms with E-state index in [0.29, 0.717) is 0 Å². The Morgan fingerprint density at radius 1 is 1.25 bits per heavy atom. The molecule has 1 aromatic carbocycles. The van der Waals surface area contributed by atoms with Gasteiger partial charge in [-0.3, -0.25) is 4.63 Å². The number of hydrogen-bond donors (Lipinski definition) is 2. The van der Waals surface area contributed by atoms with E-state index < -0.39 is 0 Å². The Hall–Kier alpha value is -1.91. The number of H-pyrrole nitrogens is 2. The maximum Gasteiger partial charge on any atom is 0.158 e. The molecule has 0 fully saturated rings. The lowest BCUT2D eigenvalue weighted by Gasteiger charge is -2.09. The number of fused-ring (bicyclic) bond motifs is 1. The number of aryl methyl sites for hydroxylation is 1. The third-order valence-corrected chi connectivity index (χ3v) is 2.95. The molecule has 1 aromatic heterocycles. The topological polar surface area (TPSA) is 57.9 Å². The fourth-order valence-electron chi connectivity index (χ4n) is 2.16. The Balaban J connectivity index is 2.01. The molecule has 2 N–H and O–H groups in total. The minimum Gasteiger partial charge on any atom is -0.353 e. The van der Waals surface area contributed by atoms with E-state index in [0.717, 1.165) is 29.9 Å². The molecule has 1 aliphatic carbocycles. The maximum absolute atomic E-state index is 12.8. The molecule has 0 bridgehead atoms. The van der Waals surface area contributed by atoms with Crippen molar-refractivity contribution in [2.75, 3.05) is 0 Å². The second kappa shape index (κ2) is 3.59. The Bertz CT molecular complexity index is 516. The van der Waals surface area contributed by atoms with Gasteiger partial charge in [0.15, 0.2) is 5.76 Å². The van der Waals surface area contributed by atoms with Crippen LogP contribution in [0.15, 0.2) is 33.4 Å². The molecule has 84 valence electrons. The van der Waals surface area contributed by atoms with Crippen molar-refractivity contribution in [3.05, 3.63) is 47.1 Å². The third kappa shape index (κ3) is 1.44. The van der Waals surface area contributed by atoms with E-state index in [1.54, 1.807) is 12.1 Å². The summed E-state index contributed by atoms with van der Waals surface area (Å²) in [5.41, 5.74) is 1.98. The summed E-state index contributed by atoms with van der Waals surface area (Å²) < 4.78 is 22.8. The summed E-state index contributed by atoms with van der Waals surface area (Å²) in [4.78, 5) is 0. The Morgan fingerprint density at radius 2 is 2.06 bits per heavy atom. The van der Waals surface area contributed by atoms with E-state index in [9.17, 15) is 4.39 Å². The Morgan fingerprint density at radius 3 is 2.88 bits per heavy atom. The minimum absolute atomic E-state index is 0.192. The van der Waals surface area contributed by atoms with Crippen LogP contribution in [0.3, 0.4) is 0 Å². The van der Waals surface area contributed by atoms with E-state index in [1.807, 2.05) is 0 Å². The van der Waals surface area contributed by atoms with Gasteiger partial charge in [-0.2, -0.15) is 5.16 Å². The molecule has 4 nitrogen and oxygen atoms in total. The van der Waals surface area contributed by atoms with Crippen LogP contribution in [0, 0.1) is 5.82 Å². The average Bonchev–Trinajstić information content (AvgIpc) is 2.74.